The summed E-state index contributed by atoms with van der Waals surface area (Å²) in [6.45, 7) is 2.14. The van der Waals surface area contributed by atoms with Crippen LogP contribution < -0.4 is 5.32 Å². The van der Waals surface area contributed by atoms with Crippen molar-refractivity contribution < 1.29 is 0 Å². The molecule has 6 heteroatoms. The third-order valence-corrected chi connectivity index (χ3v) is 6.15. The predicted octanol–water partition coefficient (Wildman–Crippen LogP) is 4.64. The number of rotatable bonds is 3. The van der Waals surface area contributed by atoms with E-state index < -0.39 is 0 Å². The quantitative estimate of drug-likeness (QED) is 0.416. The van der Waals surface area contributed by atoms with Gasteiger partial charge in [0.2, 0.25) is 0 Å². The van der Waals surface area contributed by atoms with Crippen LogP contribution in [0.1, 0.15) is 24.3 Å². The van der Waals surface area contributed by atoms with E-state index in [1.54, 1.807) is 6.20 Å². The van der Waals surface area contributed by atoms with Crippen LogP contribution in [0.4, 0.5) is 0 Å². The number of piperidine rings is 1. The molecule has 30 heavy (non-hydrogen) atoms. The molecule has 6 nitrogen and oxygen atoms in total. The van der Waals surface area contributed by atoms with Crippen LogP contribution in [0, 0.1) is 0 Å². The maximum Gasteiger partial charge on any atom is 0.181 e. The van der Waals surface area contributed by atoms with Crippen LogP contribution in [-0.4, -0.2) is 38.2 Å². The number of benzene rings is 1. The van der Waals surface area contributed by atoms with Crippen LogP contribution in [0.15, 0.2) is 61.1 Å². The van der Waals surface area contributed by atoms with Crippen molar-refractivity contribution in [1.82, 2.24) is 30.5 Å². The largest absolute Gasteiger partial charge is 0.353 e. The molecule has 1 fully saturated rings. The van der Waals surface area contributed by atoms with Gasteiger partial charge in [0.15, 0.2) is 5.65 Å². The first-order chi connectivity index (χ1) is 14.9. The van der Waals surface area contributed by atoms with Gasteiger partial charge < -0.3 is 10.3 Å². The Morgan fingerprint density at radius 1 is 0.933 bits per heavy atom. The Hall–Kier alpha value is -3.51. The Bertz CT molecular complexity index is 1330. The van der Waals surface area contributed by atoms with E-state index in [4.69, 9.17) is 0 Å². The number of hydrogen-bond donors (Lipinski definition) is 3. The zero-order valence-electron chi connectivity index (χ0n) is 16.5. The van der Waals surface area contributed by atoms with Crippen LogP contribution >= 0.6 is 0 Å². The van der Waals surface area contributed by atoms with Crippen molar-refractivity contribution in [3.63, 3.8) is 0 Å². The summed E-state index contributed by atoms with van der Waals surface area (Å²) in [5, 5.41) is 13.3. The lowest BCUT2D eigenvalue weighted by atomic mass is 9.91. The van der Waals surface area contributed by atoms with Gasteiger partial charge in [-0.1, -0.05) is 18.2 Å². The number of nitrogens with one attached hydrogen (secondary N) is 3. The van der Waals surface area contributed by atoms with Gasteiger partial charge in [-0.2, -0.15) is 5.10 Å². The maximum absolute atomic E-state index is 4.64. The molecule has 0 spiro atoms. The summed E-state index contributed by atoms with van der Waals surface area (Å²) in [5.41, 5.74) is 7.44. The highest BCUT2D eigenvalue weighted by molar-refractivity contribution is 6.00. The summed E-state index contributed by atoms with van der Waals surface area (Å²) in [6, 6.07) is 14.8. The van der Waals surface area contributed by atoms with E-state index in [0.29, 0.717) is 5.92 Å². The molecule has 5 aromatic rings. The van der Waals surface area contributed by atoms with E-state index in [9.17, 15) is 0 Å². The number of hydrogen-bond acceptors (Lipinski definition) is 4. The molecule has 4 aromatic heterocycles. The number of aromatic amines is 2. The lowest BCUT2D eigenvalue weighted by molar-refractivity contribution is 0.460. The molecule has 1 aliphatic heterocycles. The number of fused-ring (bicyclic) bond motifs is 2. The molecule has 5 heterocycles. The van der Waals surface area contributed by atoms with Crippen molar-refractivity contribution in [2.75, 3.05) is 13.1 Å². The summed E-state index contributed by atoms with van der Waals surface area (Å²) < 4.78 is 0. The van der Waals surface area contributed by atoms with Crippen LogP contribution in [0.25, 0.3) is 44.5 Å². The van der Waals surface area contributed by atoms with Crippen molar-refractivity contribution in [2.45, 2.75) is 18.8 Å². The maximum atomic E-state index is 4.64. The summed E-state index contributed by atoms with van der Waals surface area (Å²) >= 11 is 0. The highest BCUT2D eigenvalue weighted by Gasteiger charge is 2.19. The lowest BCUT2D eigenvalue weighted by Gasteiger charge is -2.22. The van der Waals surface area contributed by atoms with Crippen LogP contribution in [-0.2, 0) is 0 Å². The first-order valence-electron chi connectivity index (χ1n) is 10.4. The van der Waals surface area contributed by atoms with Crippen LogP contribution in [0.2, 0.25) is 0 Å². The molecular weight excluding hydrogens is 372 g/mol. The molecule has 0 saturated carbocycles. The van der Waals surface area contributed by atoms with Crippen LogP contribution in [0.3, 0.4) is 0 Å². The second kappa shape index (κ2) is 7.07. The minimum atomic E-state index is 0.561. The fourth-order valence-corrected chi connectivity index (χ4v) is 4.56. The van der Waals surface area contributed by atoms with Gasteiger partial charge in [0.1, 0.15) is 0 Å². The SMILES string of the molecule is c1cncc(-c2cccc3[nH]c(-c4[nH]nc5ncc(C6CCNCC6)cc45)cc23)c1. The molecule has 1 saturated heterocycles. The van der Waals surface area contributed by atoms with E-state index in [1.807, 2.05) is 18.5 Å². The van der Waals surface area contributed by atoms with Gasteiger partial charge in [0.25, 0.3) is 0 Å². The normalized spacial score (nSPS) is 15.2. The van der Waals surface area contributed by atoms with Gasteiger partial charge >= 0.3 is 0 Å². The average Bonchev–Trinajstić information content (AvgIpc) is 3.43. The van der Waals surface area contributed by atoms with Crippen molar-refractivity contribution in [3.05, 3.63) is 66.6 Å². The second-order valence-electron chi connectivity index (χ2n) is 7.95. The number of nitrogens with zero attached hydrogens (tertiary/aromatic N) is 3. The van der Waals surface area contributed by atoms with Crippen molar-refractivity contribution in [3.8, 4) is 22.5 Å². The van der Waals surface area contributed by atoms with E-state index >= 15 is 0 Å². The Kier molecular flexibility index (Phi) is 4.09. The zero-order chi connectivity index (χ0) is 19.9. The molecule has 0 aliphatic carbocycles. The topological polar surface area (TPSA) is 82.3 Å². The third-order valence-electron chi connectivity index (χ3n) is 6.15. The monoisotopic (exact) mass is 394 g/mol. The zero-order valence-corrected chi connectivity index (χ0v) is 16.5. The third kappa shape index (κ3) is 2.88. The highest BCUT2D eigenvalue weighted by atomic mass is 15.2. The molecule has 1 aromatic carbocycles. The molecule has 0 unspecified atom stereocenters. The van der Waals surface area contributed by atoms with Gasteiger partial charge in [-0.05, 0) is 67.2 Å². The van der Waals surface area contributed by atoms with Gasteiger partial charge in [0.05, 0.1) is 11.4 Å². The minimum Gasteiger partial charge on any atom is -0.353 e. The standard InChI is InChI=1S/C24H22N6/c1-4-18(16-3-2-8-26-13-16)19-12-22(28-21(19)5-1)23-20-11-17(14-27-24(20)30-29-23)15-6-9-25-10-7-15/h1-5,8,11-15,25,28H,6-7,9-10H2,(H,27,29,30). The number of pyridine rings is 2. The fourth-order valence-electron chi connectivity index (χ4n) is 4.56. The Balaban J connectivity index is 1.47. The molecule has 0 bridgehead atoms. The van der Waals surface area contributed by atoms with E-state index in [0.717, 1.165) is 59.4 Å². The molecule has 6 rings (SSSR count). The summed E-state index contributed by atoms with van der Waals surface area (Å²) in [6.07, 6.45) is 8.01. The highest BCUT2D eigenvalue weighted by Crippen LogP contribution is 2.34. The molecule has 1 aliphatic rings. The minimum absolute atomic E-state index is 0.561. The lowest BCUT2D eigenvalue weighted by Crippen LogP contribution is -2.26. The number of aromatic nitrogens is 5. The molecule has 0 atom stereocenters. The Morgan fingerprint density at radius 3 is 2.73 bits per heavy atom. The predicted molar refractivity (Wildman–Crippen MR) is 119 cm³/mol. The molecule has 0 amide bonds. The molecule has 0 radical (unpaired) electrons. The first kappa shape index (κ1) is 17.4. The van der Waals surface area contributed by atoms with Gasteiger partial charge in [-0.3, -0.25) is 10.1 Å². The smallest absolute Gasteiger partial charge is 0.181 e. The fraction of sp³-hybridized carbons (Fsp3) is 0.208. The van der Waals surface area contributed by atoms with Crippen molar-refractivity contribution >= 4 is 21.9 Å². The van der Waals surface area contributed by atoms with Crippen molar-refractivity contribution in [1.29, 1.82) is 0 Å². The second-order valence-corrected chi connectivity index (χ2v) is 7.95. The van der Waals surface area contributed by atoms with Gasteiger partial charge in [-0.15, -0.1) is 0 Å². The number of H-pyrrole nitrogens is 2. The van der Waals surface area contributed by atoms with Gasteiger partial charge in [-0.25, -0.2) is 4.98 Å². The van der Waals surface area contributed by atoms with E-state index in [1.165, 1.54) is 16.5 Å². The molecule has 3 N–H and O–H groups in total. The van der Waals surface area contributed by atoms with Crippen LogP contribution in [0.5, 0.6) is 0 Å². The Labute approximate surface area is 173 Å². The van der Waals surface area contributed by atoms with Crippen molar-refractivity contribution in [2.24, 2.45) is 0 Å². The average molecular weight is 394 g/mol. The van der Waals surface area contributed by atoms with E-state index in [2.05, 4.69) is 66.9 Å². The summed E-state index contributed by atoms with van der Waals surface area (Å²) in [4.78, 5) is 12.5. The summed E-state index contributed by atoms with van der Waals surface area (Å²) in [5.74, 6) is 0.561. The Morgan fingerprint density at radius 2 is 1.87 bits per heavy atom. The van der Waals surface area contributed by atoms with Gasteiger partial charge in [0, 0.05) is 40.4 Å². The molecular formula is C24H22N6. The van der Waals surface area contributed by atoms with E-state index in [-0.39, 0.29) is 0 Å². The summed E-state index contributed by atoms with van der Waals surface area (Å²) in [7, 11) is 0. The first-order valence-corrected chi connectivity index (χ1v) is 10.4. The molecule has 148 valence electrons.